The lowest BCUT2D eigenvalue weighted by atomic mass is 9.99. The van der Waals surface area contributed by atoms with E-state index in [2.05, 4.69) is 52.5 Å². The molecule has 8 bridgehead atoms. The summed E-state index contributed by atoms with van der Waals surface area (Å²) < 4.78 is 0. The Morgan fingerprint density at radius 3 is 1.44 bits per heavy atom. The predicted molar refractivity (Wildman–Crippen MR) is 459 cm³/mol. The second-order valence-corrected chi connectivity index (χ2v) is 32.2. The van der Waals surface area contributed by atoms with Gasteiger partial charge in [0.1, 0.15) is 12.1 Å². The molecule has 0 saturated carbocycles. The SMILES string of the molecule is CC(=O)NC(CSC(C)C1=C(C)c2cc3[nH]c(cc4nc(cc5[nH]c(cc1n2)c(C)c5C(C)SCC(NC(C)=O)C(=O)O)C(C)=C4CCC(=O)NCCCNc1c2ccccc2nc2c(C(=O)NCCN(C)C)cccc12)c(CCC(=O)NCCCNc1c2ccccc2nc2c(C(=O)NCCN(C)C)cccc12)c3C)C(=O)O. The molecule has 2 aliphatic heterocycles. The highest BCUT2D eigenvalue weighted by atomic mass is 32.2. The molecule has 114 heavy (non-hydrogen) atoms. The largest absolute Gasteiger partial charge is 0.480 e. The minimum atomic E-state index is -1.17. The maximum atomic E-state index is 14.2. The predicted octanol–water partition coefficient (Wildman–Crippen LogP) is 11.8. The summed E-state index contributed by atoms with van der Waals surface area (Å²) in [6.45, 7) is 18.5. The first kappa shape index (κ1) is 83.7. The number of carbonyl (C=O) groups is 8. The molecule has 0 radical (unpaired) electrons. The first-order chi connectivity index (χ1) is 54.6. The summed E-state index contributed by atoms with van der Waals surface area (Å²) in [6, 6.07) is 32.4. The smallest absolute Gasteiger partial charge is 0.327 e. The van der Waals surface area contributed by atoms with Crippen LogP contribution in [-0.4, -0.2) is 207 Å². The van der Waals surface area contributed by atoms with Crippen LogP contribution < -0.4 is 42.5 Å². The summed E-state index contributed by atoms with van der Waals surface area (Å²) in [4.78, 5) is 137. The van der Waals surface area contributed by atoms with Crippen molar-refractivity contribution in [2.45, 2.75) is 116 Å². The zero-order valence-corrected chi connectivity index (χ0v) is 68.3. The van der Waals surface area contributed by atoms with Crippen LogP contribution in [0.3, 0.4) is 0 Å². The fourth-order valence-corrected chi connectivity index (χ4v) is 16.9. The molecule has 7 heterocycles. The van der Waals surface area contributed by atoms with Crippen LogP contribution in [0.2, 0.25) is 0 Å². The number of hydrogen-bond donors (Lipinski definition) is 12. The van der Waals surface area contributed by atoms with Crippen molar-refractivity contribution >= 4 is 170 Å². The van der Waals surface area contributed by atoms with Crippen LogP contribution in [-0.2, 0) is 35.2 Å². The number of nitrogens with zero attached hydrogens (tertiary/aromatic N) is 6. The van der Waals surface area contributed by atoms with Crippen LogP contribution in [0.25, 0.3) is 88.0 Å². The Bertz CT molecular complexity index is 5460. The molecule has 28 heteroatoms. The van der Waals surface area contributed by atoms with Crippen molar-refractivity contribution in [1.29, 1.82) is 0 Å². The van der Waals surface area contributed by atoms with Crippen LogP contribution in [0.15, 0.2) is 109 Å². The molecule has 6 amide bonds. The molecule has 598 valence electrons. The number of fused-ring (bicyclic) bond motifs is 12. The van der Waals surface area contributed by atoms with E-state index in [4.69, 9.17) is 19.9 Å². The van der Waals surface area contributed by atoms with Gasteiger partial charge in [-0.25, -0.2) is 29.5 Å². The van der Waals surface area contributed by atoms with Gasteiger partial charge in [-0.2, -0.15) is 23.5 Å². The average Bonchev–Trinajstić information content (AvgIpc) is 1.39. The lowest BCUT2D eigenvalue weighted by Gasteiger charge is -2.18. The quantitative estimate of drug-likeness (QED) is 0.0128. The number of aliphatic carboxylic acids is 2. The Labute approximate surface area is 671 Å². The minimum absolute atomic E-state index is 0.0512. The zero-order valence-electron chi connectivity index (χ0n) is 66.7. The molecule has 0 saturated heterocycles. The first-order valence-corrected chi connectivity index (χ1v) is 40.6. The zero-order chi connectivity index (χ0) is 81.6. The molecule has 0 fully saturated rings. The number of likely N-dealkylation sites (N-methyl/N-ethyl adjacent to an activating group) is 2. The van der Waals surface area contributed by atoms with Crippen LogP contribution in [0.1, 0.15) is 145 Å². The number of allylic oxidation sites excluding steroid dienone is 3. The van der Waals surface area contributed by atoms with E-state index in [1.54, 1.807) is 12.1 Å². The summed E-state index contributed by atoms with van der Waals surface area (Å²) in [5.41, 5.74) is 17.3. The van der Waals surface area contributed by atoms with Gasteiger partial charge in [-0.1, -0.05) is 60.7 Å². The van der Waals surface area contributed by atoms with Gasteiger partial charge >= 0.3 is 11.9 Å². The van der Waals surface area contributed by atoms with Crippen LogP contribution in [0.4, 0.5) is 11.4 Å². The molecule has 2 aliphatic rings. The van der Waals surface area contributed by atoms with E-state index < -0.39 is 35.8 Å². The van der Waals surface area contributed by atoms with E-state index in [0.717, 1.165) is 94.0 Å². The van der Waals surface area contributed by atoms with Crippen molar-refractivity contribution in [2.24, 2.45) is 0 Å². The number of thioether (sulfide) groups is 2. The fourth-order valence-electron chi connectivity index (χ4n) is 14.6. The molecular formula is C86H102N16O10S2. The Kier molecular flexibility index (Phi) is 28.0. The number of pyridine rings is 2. The van der Waals surface area contributed by atoms with Gasteiger partial charge in [0, 0.05) is 145 Å². The summed E-state index contributed by atoms with van der Waals surface area (Å²) in [7, 11) is 7.81. The maximum absolute atomic E-state index is 14.2. The number of carbonyl (C=O) groups excluding carboxylic acids is 6. The van der Waals surface area contributed by atoms with Gasteiger partial charge in [0.05, 0.1) is 67.3 Å². The molecule has 9 aromatic rings. The number of rotatable bonds is 36. The molecule has 0 aliphatic carbocycles. The highest BCUT2D eigenvalue weighted by Gasteiger charge is 2.30. The Hall–Kier alpha value is -11.2. The van der Waals surface area contributed by atoms with E-state index in [1.807, 2.05) is 177 Å². The van der Waals surface area contributed by atoms with Crippen molar-refractivity contribution < 1.29 is 48.6 Å². The number of anilines is 2. The van der Waals surface area contributed by atoms with Crippen molar-refractivity contribution in [2.75, 3.05) is 103 Å². The van der Waals surface area contributed by atoms with Crippen molar-refractivity contribution in [3.8, 4) is 0 Å². The van der Waals surface area contributed by atoms with Gasteiger partial charge in [-0.15, -0.1) is 0 Å². The van der Waals surface area contributed by atoms with Gasteiger partial charge in [-0.3, -0.25) is 28.8 Å². The van der Waals surface area contributed by atoms with E-state index in [-0.39, 0.29) is 58.5 Å². The summed E-state index contributed by atoms with van der Waals surface area (Å²) in [5.74, 6) is -3.89. The molecule has 0 spiro atoms. The van der Waals surface area contributed by atoms with Gasteiger partial charge in [0.2, 0.25) is 23.6 Å². The Morgan fingerprint density at radius 2 is 0.921 bits per heavy atom. The highest BCUT2D eigenvalue weighted by molar-refractivity contribution is 8.00. The second-order valence-electron chi connectivity index (χ2n) is 29.5. The van der Waals surface area contributed by atoms with Crippen molar-refractivity contribution in [3.63, 3.8) is 0 Å². The summed E-state index contributed by atoms with van der Waals surface area (Å²) in [5, 5.41) is 47.9. The molecule has 12 N–H and O–H groups in total. The Balaban J connectivity index is 0.908. The summed E-state index contributed by atoms with van der Waals surface area (Å²) in [6.07, 6.45) is 2.00. The van der Waals surface area contributed by atoms with Crippen molar-refractivity contribution in [3.05, 3.63) is 165 Å². The van der Waals surface area contributed by atoms with Gasteiger partial charge in [0.25, 0.3) is 11.8 Å². The third-order valence-electron chi connectivity index (χ3n) is 20.6. The van der Waals surface area contributed by atoms with Gasteiger partial charge in [-0.05, 0) is 188 Å². The monoisotopic (exact) mass is 1580 g/mol. The summed E-state index contributed by atoms with van der Waals surface area (Å²) >= 11 is 2.74. The topological polar surface area (TPSA) is 363 Å². The third kappa shape index (κ3) is 20.2. The van der Waals surface area contributed by atoms with E-state index in [9.17, 15) is 48.6 Å². The fraction of sp³-hybridized carbons (Fsp3) is 0.372. The van der Waals surface area contributed by atoms with E-state index in [0.29, 0.717) is 140 Å². The number of aryl methyl sites for hydroxylation is 3. The number of benzene rings is 4. The molecular weight excluding hydrogens is 1480 g/mol. The number of nitrogens with one attached hydrogen (secondary N) is 10. The lowest BCUT2D eigenvalue weighted by Crippen LogP contribution is -2.41. The second kappa shape index (κ2) is 38.1. The number of carboxylic acids is 2. The standard InChI is InChI=1S/C86H102N16O10S2/c1-47-55(29-31-75(105)87-33-19-35-89-79-57-21-13-15-27-63(57)99-81-59(79)23-17-25-61(81)83(107)91-37-39-101(9)10)69-44-70-56(30-32-76(106)88-34-20-36-90-80-58-22-14-16-28-64(58)100-82-60(80)24-18-26-62(82)84(108)92-38-40-102(11)12)48(2)66(96-70)42-71-78(52(6)114-46-74(86(111)112)94-54(8)104)50(4)68(98-71)43-72-77(49(3)67(97-72)41-65(47)95-69)51(5)113-45-73(85(109)110)93-53(7)103/h13-18,21-28,41-44,51-52,73-74,95,98H,19-20,29-40,45-46H2,1-12H3,(H,87,105)(H,88,106)(H,89,99)(H,90,100)(H,91,107)(H,92,108)(H,93,103)(H,94,104)(H,109,110)(H,111,112). The minimum Gasteiger partial charge on any atom is -0.480 e. The number of aromatic nitrogens is 6. The normalized spacial score (nSPS) is 13.3. The molecule has 5 aromatic heterocycles. The Morgan fingerprint density at radius 1 is 0.474 bits per heavy atom. The lowest BCUT2D eigenvalue weighted by molar-refractivity contribution is -0.141. The van der Waals surface area contributed by atoms with Crippen LogP contribution in [0, 0.1) is 13.8 Å². The van der Waals surface area contributed by atoms with Crippen LogP contribution >= 0.6 is 23.5 Å². The third-order valence-corrected chi connectivity index (χ3v) is 23.1. The number of H-pyrrole nitrogens is 2. The van der Waals surface area contributed by atoms with Crippen LogP contribution in [0.5, 0.6) is 0 Å². The molecule has 4 aromatic carbocycles. The number of para-hydroxylation sites is 4. The van der Waals surface area contributed by atoms with E-state index >= 15 is 0 Å². The number of carboxylic acid groups (broad SMARTS) is 2. The number of aromatic amines is 2. The molecule has 4 unspecified atom stereocenters. The van der Waals surface area contributed by atoms with Crippen molar-refractivity contribution in [1.82, 2.24) is 71.6 Å². The van der Waals surface area contributed by atoms with E-state index in [1.165, 1.54) is 37.4 Å². The molecule has 11 rings (SSSR count). The number of amides is 6. The number of hydrogen-bond acceptors (Lipinski definition) is 18. The van der Waals surface area contributed by atoms with Gasteiger partial charge in [0.15, 0.2) is 0 Å². The first-order valence-electron chi connectivity index (χ1n) is 38.5. The average molecular weight is 1580 g/mol. The highest BCUT2D eigenvalue weighted by Crippen LogP contribution is 2.43. The molecule has 26 nitrogen and oxygen atoms in total. The maximum Gasteiger partial charge on any atom is 0.327 e. The molecule has 4 atom stereocenters. The van der Waals surface area contributed by atoms with Gasteiger partial charge < -0.3 is 72.5 Å².